The van der Waals surface area contributed by atoms with Crippen molar-refractivity contribution in [1.82, 2.24) is 19.8 Å². The van der Waals surface area contributed by atoms with E-state index in [9.17, 15) is 23.2 Å². The van der Waals surface area contributed by atoms with Gasteiger partial charge in [0.05, 0.1) is 19.2 Å². The number of anilines is 1. The second-order valence-corrected chi connectivity index (χ2v) is 12.0. The molecule has 9 nitrogen and oxygen atoms in total. The number of amides is 2. The van der Waals surface area contributed by atoms with Gasteiger partial charge in [0.25, 0.3) is 23.3 Å². The van der Waals surface area contributed by atoms with Crippen molar-refractivity contribution in [3.8, 4) is 11.1 Å². The fourth-order valence-corrected chi connectivity index (χ4v) is 5.71. The number of nitrogens with one attached hydrogen (secondary N) is 2. The third-order valence-electron chi connectivity index (χ3n) is 7.95. The molecule has 2 N–H and O–H groups in total. The number of hydrogen-bond acceptors (Lipinski definition) is 6. The number of pyridine rings is 2. The molecular weight excluding hydrogens is 580 g/mol. The highest BCUT2D eigenvalue weighted by atomic mass is 35.5. The topological polar surface area (TPSA) is 106 Å². The summed E-state index contributed by atoms with van der Waals surface area (Å²) in [6, 6.07) is 9.78. The molecule has 1 atom stereocenters. The molecule has 2 aromatic heterocycles. The largest absolute Gasteiger partial charge is 0.377 e. The van der Waals surface area contributed by atoms with Crippen LogP contribution in [0.15, 0.2) is 47.4 Å². The van der Waals surface area contributed by atoms with Gasteiger partial charge in [-0.3, -0.25) is 14.4 Å². The van der Waals surface area contributed by atoms with Crippen molar-refractivity contribution in [1.29, 1.82) is 0 Å². The third-order valence-corrected chi connectivity index (χ3v) is 8.18. The van der Waals surface area contributed by atoms with Crippen molar-refractivity contribution in [2.75, 3.05) is 31.6 Å². The predicted molar refractivity (Wildman–Crippen MR) is 158 cm³/mol. The van der Waals surface area contributed by atoms with E-state index in [0.29, 0.717) is 29.2 Å². The first-order valence-corrected chi connectivity index (χ1v) is 14.8. The lowest BCUT2D eigenvalue weighted by Crippen LogP contribution is -2.58. The fourth-order valence-electron chi connectivity index (χ4n) is 5.54. The molecule has 6 rings (SSSR count). The molecule has 4 heterocycles. The van der Waals surface area contributed by atoms with Crippen LogP contribution in [0.1, 0.15) is 63.6 Å². The highest BCUT2D eigenvalue weighted by Crippen LogP contribution is 2.42. The zero-order valence-electron chi connectivity index (χ0n) is 23.7. The van der Waals surface area contributed by atoms with Crippen LogP contribution in [0, 0.1) is 0 Å². The number of likely N-dealkylation sites (tertiary alicyclic amines) is 1. The molecule has 3 fully saturated rings. The minimum Gasteiger partial charge on any atom is -0.377 e. The van der Waals surface area contributed by atoms with Crippen molar-refractivity contribution >= 4 is 29.2 Å². The molecule has 12 heteroatoms. The summed E-state index contributed by atoms with van der Waals surface area (Å²) in [5.74, 6) is -3.65. The van der Waals surface area contributed by atoms with E-state index >= 15 is 0 Å². The first-order valence-electron chi connectivity index (χ1n) is 14.4. The van der Waals surface area contributed by atoms with Crippen LogP contribution in [0.25, 0.3) is 11.1 Å². The van der Waals surface area contributed by atoms with Gasteiger partial charge in [-0.1, -0.05) is 17.7 Å². The normalized spacial score (nSPS) is 19.3. The molecular formula is C31H32ClF2N5O4. The summed E-state index contributed by atoms with van der Waals surface area (Å²) in [7, 11) is 1.60. The van der Waals surface area contributed by atoms with Crippen molar-refractivity contribution in [2.45, 2.75) is 50.2 Å². The number of aromatic nitrogens is 2. The van der Waals surface area contributed by atoms with Gasteiger partial charge in [-0.25, -0.2) is 13.8 Å². The maximum Gasteiger partial charge on any atom is 0.282 e. The van der Waals surface area contributed by atoms with Gasteiger partial charge in [-0.15, -0.1) is 0 Å². The second kappa shape index (κ2) is 11.8. The van der Waals surface area contributed by atoms with E-state index in [-0.39, 0.29) is 29.0 Å². The Bertz CT molecular complexity index is 1630. The minimum absolute atomic E-state index is 0.0276. The van der Waals surface area contributed by atoms with Crippen molar-refractivity contribution in [2.24, 2.45) is 7.05 Å². The maximum atomic E-state index is 13.5. The molecule has 1 saturated carbocycles. The molecule has 43 heavy (non-hydrogen) atoms. The fraction of sp³-hybridized carbons (Fsp3) is 0.419. The molecule has 1 aliphatic carbocycles. The summed E-state index contributed by atoms with van der Waals surface area (Å²) >= 11 is 6.20. The summed E-state index contributed by atoms with van der Waals surface area (Å²) in [4.78, 5) is 45.3. The van der Waals surface area contributed by atoms with Crippen LogP contribution >= 0.6 is 11.6 Å². The molecule has 2 aliphatic heterocycles. The average molecular weight is 612 g/mol. The van der Waals surface area contributed by atoms with Crippen molar-refractivity contribution in [3.05, 3.63) is 80.4 Å². The van der Waals surface area contributed by atoms with Gasteiger partial charge in [-0.2, -0.15) is 0 Å². The van der Waals surface area contributed by atoms with Crippen LogP contribution < -0.4 is 16.2 Å². The Morgan fingerprint density at radius 1 is 1.12 bits per heavy atom. The average Bonchev–Trinajstić information content (AvgIpc) is 3.68. The molecule has 0 bridgehead atoms. The Hall–Kier alpha value is -3.67. The van der Waals surface area contributed by atoms with Gasteiger partial charge >= 0.3 is 0 Å². The molecule has 1 aromatic carbocycles. The SMILES string of the molecule is Cn1cc(CNC[C@@H]2CCCO2)cc(C(=O)Nc2cc(-c3ccc(Cl)cc3C(=O)N3CC(F)(F)C3)cc(C3CC3)n2)c1=O. The molecule has 0 unspecified atom stereocenters. The Labute approximate surface area is 252 Å². The highest BCUT2D eigenvalue weighted by molar-refractivity contribution is 6.31. The van der Waals surface area contributed by atoms with E-state index in [1.54, 1.807) is 37.5 Å². The smallest absolute Gasteiger partial charge is 0.282 e. The standard InChI is InChI=1S/C31H32ClF2N5O4/c1-38-15-18(13-35-14-22-3-2-8-43-22)9-25(29(38)41)28(40)37-27-11-20(10-26(36-27)19-4-5-19)23-7-6-21(32)12-24(23)30(42)39-16-31(33,34)17-39/h6-7,9-12,15,19,22,35H,2-5,8,13-14,16-17H2,1H3,(H,36,37,40)/t22-/m0/s1. The summed E-state index contributed by atoms with van der Waals surface area (Å²) in [5, 5.41) is 6.41. The minimum atomic E-state index is -2.91. The maximum absolute atomic E-state index is 13.5. The molecule has 0 spiro atoms. The van der Waals surface area contributed by atoms with Crippen molar-refractivity contribution < 1.29 is 23.1 Å². The Morgan fingerprint density at radius 2 is 1.91 bits per heavy atom. The lowest BCUT2D eigenvalue weighted by atomic mass is 9.96. The van der Waals surface area contributed by atoms with Gasteiger partial charge in [0, 0.05) is 55.1 Å². The summed E-state index contributed by atoms with van der Waals surface area (Å²) in [6.07, 6.45) is 5.77. The third kappa shape index (κ3) is 6.63. The van der Waals surface area contributed by atoms with E-state index in [2.05, 4.69) is 15.6 Å². The molecule has 3 aromatic rings. The number of alkyl halides is 2. The number of aryl methyl sites for hydroxylation is 1. The Balaban J connectivity index is 1.27. The molecule has 3 aliphatic rings. The summed E-state index contributed by atoms with van der Waals surface area (Å²) < 4.78 is 34.1. The van der Waals surface area contributed by atoms with Crippen LogP contribution in [-0.4, -0.2) is 64.5 Å². The van der Waals surface area contributed by atoms with Gasteiger partial charge in [0.15, 0.2) is 0 Å². The Morgan fingerprint density at radius 3 is 2.60 bits per heavy atom. The predicted octanol–water partition coefficient (Wildman–Crippen LogP) is 4.59. The number of halogens is 3. The van der Waals surface area contributed by atoms with Crippen LogP contribution in [0.4, 0.5) is 14.6 Å². The number of nitrogens with zero attached hydrogens (tertiary/aromatic N) is 3. The van der Waals surface area contributed by atoms with E-state index in [0.717, 1.165) is 48.4 Å². The number of ether oxygens (including phenoxy) is 1. The van der Waals surface area contributed by atoms with Gasteiger partial charge in [0.2, 0.25) is 0 Å². The lowest BCUT2D eigenvalue weighted by molar-refractivity contribution is -0.113. The highest BCUT2D eigenvalue weighted by Gasteiger charge is 2.46. The number of carbonyl (C=O) groups excluding carboxylic acids is 2. The van der Waals surface area contributed by atoms with Gasteiger partial charge < -0.3 is 24.8 Å². The van der Waals surface area contributed by atoms with Crippen LogP contribution in [0.5, 0.6) is 0 Å². The number of hydrogen-bond donors (Lipinski definition) is 2. The lowest BCUT2D eigenvalue weighted by Gasteiger charge is -2.39. The molecule has 2 saturated heterocycles. The van der Waals surface area contributed by atoms with Gasteiger partial charge in [-0.05, 0) is 72.7 Å². The van der Waals surface area contributed by atoms with Crippen LogP contribution in [0.2, 0.25) is 5.02 Å². The van der Waals surface area contributed by atoms with Gasteiger partial charge in [0.1, 0.15) is 11.4 Å². The quantitative estimate of drug-likeness (QED) is 0.367. The number of benzene rings is 1. The molecule has 0 radical (unpaired) electrons. The summed E-state index contributed by atoms with van der Waals surface area (Å²) in [6.45, 7) is 0.604. The number of rotatable bonds is 9. The van der Waals surface area contributed by atoms with E-state index in [1.807, 2.05) is 6.07 Å². The monoisotopic (exact) mass is 611 g/mol. The van der Waals surface area contributed by atoms with E-state index in [4.69, 9.17) is 16.3 Å². The van der Waals surface area contributed by atoms with Crippen LogP contribution in [-0.2, 0) is 18.3 Å². The second-order valence-electron chi connectivity index (χ2n) is 11.5. The zero-order chi connectivity index (χ0) is 30.3. The van der Waals surface area contributed by atoms with Crippen molar-refractivity contribution in [3.63, 3.8) is 0 Å². The van der Waals surface area contributed by atoms with Crippen LogP contribution in [0.3, 0.4) is 0 Å². The van der Waals surface area contributed by atoms with E-state index < -0.39 is 36.4 Å². The Kier molecular flexibility index (Phi) is 8.06. The molecule has 2 amide bonds. The zero-order valence-corrected chi connectivity index (χ0v) is 24.4. The molecule has 226 valence electrons. The van der Waals surface area contributed by atoms with E-state index in [1.165, 1.54) is 10.6 Å². The first-order chi connectivity index (χ1) is 20.6. The summed E-state index contributed by atoms with van der Waals surface area (Å²) in [5.41, 5.74) is 2.28. The first kappa shape index (κ1) is 29.4. The number of carbonyl (C=O) groups is 2.